The Kier molecular flexibility index (Phi) is 4.61. The Morgan fingerprint density at radius 2 is 1.94 bits per heavy atom. The average Bonchev–Trinajstić information content (AvgIpc) is 2.13. The molecule has 1 aromatic rings. The molecule has 0 aliphatic heterocycles. The second-order valence-electron chi connectivity index (χ2n) is 4.29. The van der Waals surface area contributed by atoms with Gasteiger partial charge in [-0.15, -0.1) is 0 Å². The summed E-state index contributed by atoms with van der Waals surface area (Å²) in [6, 6.07) is 6.64. The van der Waals surface area contributed by atoms with E-state index in [4.69, 9.17) is 16.7 Å². The zero-order valence-corrected chi connectivity index (χ0v) is 11.5. The Hall–Kier alpha value is -0.810. The summed E-state index contributed by atoms with van der Waals surface area (Å²) in [6.07, 6.45) is -0.200. The van der Waals surface area contributed by atoms with Crippen molar-refractivity contribution in [1.82, 2.24) is 0 Å². The van der Waals surface area contributed by atoms with Gasteiger partial charge >= 0.3 is 10.7 Å². The van der Waals surface area contributed by atoms with Crippen LogP contribution >= 0.6 is 23.4 Å². The Bertz CT molecular complexity index is 444. The molecule has 1 N–H and O–H groups in total. The highest BCUT2D eigenvalue weighted by Crippen LogP contribution is 2.48. The Morgan fingerprint density at radius 3 is 2.44 bits per heavy atom. The Morgan fingerprint density at radius 1 is 1.39 bits per heavy atom. The molecule has 18 heavy (non-hydrogen) atoms. The number of aliphatic carboxylic acids is 1. The van der Waals surface area contributed by atoms with E-state index >= 15 is 0 Å². The van der Waals surface area contributed by atoms with Crippen molar-refractivity contribution in [1.29, 1.82) is 0 Å². The predicted molar refractivity (Wildman–Crippen MR) is 69.2 cm³/mol. The van der Waals surface area contributed by atoms with Gasteiger partial charge < -0.3 is 5.11 Å². The van der Waals surface area contributed by atoms with Gasteiger partial charge in [-0.05, 0) is 36.6 Å². The molecule has 0 aliphatic carbocycles. The van der Waals surface area contributed by atoms with Gasteiger partial charge in [0.15, 0.2) is 0 Å². The second-order valence-corrected chi connectivity index (χ2v) is 6.72. The third-order valence-corrected chi connectivity index (χ3v) is 3.57. The van der Waals surface area contributed by atoms with Gasteiger partial charge in [-0.2, -0.15) is 8.78 Å². The lowest BCUT2D eigenvalue weighted by Gasteiger charge is -2.28. The van der Waals surface area contributed by atoms with Gasteiger partial charge in [-0.25, -0.2) is 0 Å². The lowest BCUT2D eigenvalue weighted by Crippen LogP contribution is -2.21. The standard InChI is InChI=1S/C12H13ClF2O2S/c1-11(2,18-12(13,14)15)9-6-4-3-5-8(9)7-10(16)17/h3-6H,7H2,1-2H3,(H,16,17). The van der Waals surface area contributed by atoms with E-state index in [1.165, 1.54) is 0 Å². The maximum atomic E-state index is 12.9. The first-order chi connectivity index (χ1) is 8.12. The van der Waals surface area contributed by atoms with Gasteiger partial charge in [0.1, 0.15) is 0 Å². The van der Waals surface area contributed by atoms with Gasteiger partial charge in [0.25, 0.3) is 0 Å². The number of carbonyl (C=O) groups is 1. The highest BCUT2D eigenvalue weighted by atomic mass is 35.5. The first-order valence-corrected chi connectivity index (χ1v) is 6.38. The van der Waals surface area contributed by atoms with E-state index in [-0.39, 0.29) is 6.42 Å². The molecule has 1 aromatic carbocycles. The normalized spacial score (nSPS) is 12.5. The van der Waals surface area contributed by atoms with E-state index in [2.05, 4.69) is 0 Å². The fraction of sp³-hybridized carbons (Fsp3) is 0.417. The average molecular weight is 295 g/mol. The van der Waals surface area contributed by atoms with Gasteiger partial charge in [0.05, 0.1) is 6.42 Å². The molecule has 0 unspecified atom stereocenters. The third-order valence-electron chi connectivity index (χ3n) is 2.38. The van der Waals surface area contributed by atoms with E-state index < -0.39 is 15.4 Å². The number of carboxylic acid groups (broad SMARTS) is 1. The number of carboxylic acids is 1. The van der Waals surface area contributed by atoms with Gasteiger partial charge in [0.2, 0.25) is 0 Å². The van der Waals surface area contributed by atoms with Crippen LogP contribution in [0.15, 0.2) is 24.3 Å². The van der Waals surface area contributed by atoms with Crippen LogP contribution in [-0.2, 0) is 16.0 Å². The SMILES string of the molecule is CC(C)(SC(F)(F)Cl)c1ccccc1CC(=O)O. The van der Waals surface area contributed by atoms with Crippen LogP contribution in [0.2, 0.25) is 0 Å². The number of thioether (sulfide) groups is 1. The van der Waals surface area contributed by atoms with Crippen LogP contribution in [0.3, 0.4) is 0 Å². The first-order valence-electron chi connectivity index (χ1n) is 5.19. The van der Waals surface area contributed by atoms with Crippen molar-refractivity contribution in [3.05, 3.63) is 35.4 Å². The number of rotatable bonds is 5. The van der Waals surface area contributed by atoms with Gasteiger partial charge in [0, 0.05) is 4.75 Å². The summed E-state index contributed by atoms with van der Waals surface area (Å²) in [5.74, 6) is -0.999. The molecule has 100 valence electrons. The number of hydrogen-bond acceptors (Lipinski definition) is 2. The number of halogens is 3. The second kappa shape index (κ2) is 5.45. The van der Waals surface area contributed by atoms with Crippen molar-refractivity contribution < 1.29 is 18.7 Å². The summed E-state index contributed by atoms with van der Waals surface area (Å²) >= 11 is 5.23. The van der Waals surface area contributed by atoms with Gasteiger partial charge in [-0.1, -0.05) is 36.0 Å². The molecule has 0 bridgehead atoms. The molecule has 0 amide bonds. The van der Waals surface area contributed by atoms with Crippen LogP contribution in [0.1, 0.15) is 25.0 Å². The molecule has 0 spiro atoms. The minimum atomic E-state index is -3.39. The molecule has 0 aliphatic rings. The van der Waals surface area contributed by atoms with Crippen molar-refractivity contribution in [3.8, 4) is 0 Å². The molecular formula is C12H13ClF2O2S. The summed E-state index contributed by atoms with van der Waals surface area (Å²) in [4.78, 5) is 10.8. The van der Waals surface area contributed by atoms with Crippen LogP contribution in [0.25, 0.3) is 0 Å². The number of benzene rings is 1. The molecule has 0 atom stereocenters. The van der Waals surface area contributed by atoms with Gasteiger partial charge in [-0.3, -0.25) is 4.79 Å². The van der Waals surface area contributed by atoms with Crippen molar-refractivity contribution >= 4 is 29.3 Å². The number of alkyl halides is 3. The monoisotopic (exact) mass is 294 g/mol. The first kappa shape index (κ1) is 15.2. The maximum absolute atomic E-state index is 12.9. The summed E-state index contributed by atoms with van der Waals surface area (Å²) < 4.78 is 21.5. The summed E-state index contributed by atoms with van der Waals surface area (Å²) in [5.41, 5.74) is 1.07. The van der Waals surface area contributed by atoms with Crippen LogP contribution in [0, 0.1) is 0 Å². The molecule has 1 rings (SSSR count). The smallest absolute Gasteiger partial charge is 0.372 e. The van der Waals surface area contributed by atoms with Crippen LogP contribution in [0.5, 0.6) is 0 Å². The number of hydrogen-bond donors (Lipinski definition) is 1. The third kappa shape index (κ3) is 4.46. The van der Waals surface area contributed by atoms with Crippen LogP contribution < -0.4 is 0 Å². The molecule has 0 saturated heterocycles. The van der Waals surface area contributed by atoms with E-state index in [0.29, 0.717) is 22.9 Å². The largest absolute Gasteiger partial charge is 0.481 e. The minimum absolute atomic E-state index is 0.200. The van der Waals surface area contributed by atoms with Crippen molar-refractivity contribution in [2.75, 3.05) is 0 Å². The fourth-order valence-corrected chi connectivity index (χ4v) is 3.24. The topological polar surface area (TPSA) is 37.3 Å². The fourth-order valence-electron chi connectivity index (χ4n) is 1.77. The molecule has 0 radical (unpaired) electrons. The summed E-state index contributed by atoms with van der Waals surface area (Å²) in [6.45, 7) is 3.18. The zero-order chi connectivity index (χ0) is 14.0. The molecular weight excluding hydrogens is 282 g/mol. The van der Waals surface area contributed by atoms with E-state index in [1.54, 1.807) is 38.1 Å². The molecule has 6 heteroatoms. The van der Waals surface area contributed by atoms with Crippen molar-refractivity contribution in [2.45, 2.75) is 29.7 Å². The highest BCUT2D eigenvalue weighted by Gasteiger charge is 2.37. The van der Waals surface area contributed by atoms with Crippen molar-refractivity contribution in [3.63, 3.8) is 0 Å². The molecule has 0 heterocycles. The zero-order valence-electron chi connectivity index (χ0n) is 9.91. The Labute approximate surface area is 113 Å². The van der Waals surface area contributed by atoms with E-state index in [9.17, 15) is 13.6 Å². The summed E-state index contributed by atoms with van der Waals surface area (Å²) in [7, 11) is 0. The molecule has 0 saturated carbocycles. The Balaban J connectivity index is 3.11. The predicted octanol–water partition coefficient (Wildman–Crippen LogP) is 4.07. The lowest BCUT2D eigenvalue weighted by atomic mass is 9.95. The lowest BCUT2D eigenvalue weighted by molar-refractivity contribution is -0.136. The minimum Gasteiger partial charge on any atom is -0.481 e. The molecule has 0 fully saturated rings. The summed E-state index contributed by atoms with van der Waals surface area (Å²) in [5, 5.41) is 8.81. The van der Waals surface area contributed by atoms with Crippen molar-refractivity contribution in [2.24, 2.45) is 0 Å². The highest BCUT2D eigenvalue weighted by molar-refractivity contribution is 8.02. The van der Waals surface area contributed by atoms with Crippen LogP contribution in [0.4, 0.5) is 8.78 Å². The van der Waals surface area contributed by atoms with E-state index in [1.807, 2.05) is 0 Å². The quantitative estimate of drug-likeness (QED) is 0.832. The van der Waals surface area contributed by atoms with E-state index in [0.717, 1.165) is 0 Å². The van der Waals surface area contributed by atoms with Crippen LogP contribution in [-0.4, -0.2) is 15.8 Å². The molecule has 2 nitrogen and oxygen atoms in total. The maximum Gasteiger partial charge on any atom is 0.372 e. The molecule has 0 aromatic heterocycles.